The minimum absolute atomic E-state index is 0.241. The molecule has 2 rings (SSSR count). The first-order valence-electron chi connectivity index (χ1n) is 7.65. The van der Waals surface area contributed by atoms with E-state index in [0.717, 1.165) is 23.2 Å². The van der Waals surface area contributed by atoms with Crippen LogP contribution < -0.4 is 10.1 Å². The lowest BCUT2D eigenvalue weighted by Crippen LogP contribution is -2.50. The fraction of sp³-hybridized carbons (Fsp3) is 0.647. The molecule has 112 valence electrons. The highest BCUT2D eigenvalue weighted by Crippen LogP contribution is 2.33. The smallest absolute Gasteiger partial charge is 0.133 e. The van der Waals surface area contributed by atoms with Crippen LogP contribution in [-0.2, 0) is 6.42 Å². The maximum absolute atomic E-state index is 5.32. The van der Waals surface area contributed by atoms with Gasteiger partial charge in [-0.15, -0.1) is 0 Å². The fourth-order valence-corrected chi connectivity index (χ4v) is 3.79. The molecular weight excluding hydrogens is 314 g/mol. The molecule has 20 heavy (non-hydrogen) atoms. The van der Waals surface area contributed by atoms with Crippen molar-refractivity contribution in [2.45, 2.75) is 51.5 Å². The highest BCUT2D eigenvalue weighted by molar-refractivity contribution is 9.10. The quantitative estimate of drug-likeness (QED) is 0.868. The second-order valence-electron chi connectivity index (χ2n) is 6.19. The predicted molar refractivity (Wildman–Crippen MR) is 88.4 cm³/mol. The van der Waals surface area contributed by atoms with Crippen LogP contribution in [0, 0.1) is 5.92 Å². The van der Waals surface area contributed by atoms with Crippen molar-refractivity contribution >= 4 is 15.9 Å². The number of nitrogens with one attached hydrogen (secondary N) is 1. The number of rotatable bonds is 4. The summed E-state index contributed by atoms with van der Waals surface area (Å²) in [5, 5.41) is 3.84. The summed E-state index contributed by atoms with van der Waals surface area (Å²) in [6.07, 6.45) is 6.36. The number of benzene rings is 1. The summed E-state index contributed by atoms with van der Waals surface area (Å²) in [5.41, 5.74) is 1.62. The third kappa shape index (κ3) is 3.56. The van der Waals surface area contributed by atoms with Crippen molar-refractivity contribution < 1.29 is 4.74 Å². The Morgan fingerprint density at radius 3 is 2.75 bits per heavy atom. The van der Waals surface area contributed by atoms with Gasteiger partial charge in [0.05, 0.1) is 11.6 Å². The van der Waals surface area contributed by atoms with Gasteiger partial charge in [-0.2, -0.15) is 0 Å². The average Bonchev–Trinajstić information content (AvgIpc) is 2.65. The number of ether oxygens (including phenoxy) is 1. The molecule has 1 fully saturated rings. The van der Waals surface area contributed by atoms with Crippen molar-refractivity contribution in [1.29, 1.82) is 0 Å². The third-order valence-electron chi connectivity index (χ3n) is 4.62. The first-order chi connectivity index (χ1) is 9.57. The average molecular weight is 340 g/mol. The Morgan fingerprint density at radius 2 is 2.10 bits per heavy atom. The Balaban J connectivity index is 2.21. The molecule has 1 heterocycles. The molecule has 0 aliphatic carbocycles. The molecule has 1 unspecified atom stereocenters. The zero-order valence-electron chi connectivity index (χ0n) is 12.8. The summed E-state index contributed by atoms with van der Waals surface area (Å²) in [6, 6.07) is 6.46. The summed E-state index contributed by atoms with van der Waals surface area (Å²) in [6.45, 7) is 5.84. The van der Waals surface area contributed by atoms with Gasteiger partial charge in [-0.05, 0) is 65.4 Å². The lowest BCUT2D eigenvalue weighted by molar-refractivity contribution is 0.226. The van der Waals surface area contributed by atoms with Gasteiger partial charge >= 0.3 is 0 Å². The number of hydrogen-bond acceptors (Lipinski definition) is 2. The molecule has 1 N–H and O–H groups in total. The van der Waals surface area contributed by atoms with Crippen LogP contribution in [0.2, 0.25) is 0 Å². The molecule has 0 aromatic heterocycles. The van der Waals surface area contributed by atoms with E-state index in [9.17, 15) is 0 Å². The van der Waals surface area contributed by atoms with E-state index in [1.165, 1.54) is 31.2 Å². The Hall–Kier alpha value is -0.540. The van der Waals surface area contributed by atoms with E-state index in [1.807, 2.05) is 0 Å². The van der Waals surface area contributed by atoms with E-state index in [0.29, 0.717) is 5.92 Å². The van der Waals surface area contributed by atoms with Gasteiger partial charge < -0.3 is 10.1 Å². The first kappa shape index (κ1) is 15.8. The first-order valence-corrected chi connectivity index (χ1v) is 8.44. The lowest BCUT2D eigenvalue weighted by atomic mass is 9.77. The van der Waals surface area contributed by atoms with Crippen molar-refractivity contribution in [1.82, 2.24) is 5.32 Å². The lowest BCUT2D eigenvalue weighted by Gasteiger charge is -2.38. The number of hydrogen-bond donors (Lipinski definition) is 1. The van der Waals surface area contributed by atoms with Crippen molar-refractivity contribution in [2.24, 2.45) is 5.92 Å². The summed E-state index contributed by atoms with van der Waals surface area (Å²) < 4.78 is 6.37. The van der Waals surface area contributed by atoms with Gasteiger partial charge in [0.15, 0.2) is 0 Å². The van der Waals surface area contributed by atoms with Gasteiger partial charge in [0.2, 0.25) is 0 Å². The summed E-state index contributed by atoms with van der Waals surface area (Å²) >= 11 is 3.60. The standard InChI is InChI=1S/C17H26BrNO/c1-13(2)17(9-5-4-6-10-19-17)12-14-7-8-16(20-3)15(18)11-14/h7-8,11,13,19H,4-6,9-10,12H2,1-3H3. The van der Waals surface area contributed by atoms with Gasteiger partial charge in [0.25, 0.3) is 0 Å². The highest BCUT2D eigenvalue weighted by Gasteiger charge is 2.34. The molecule has 1 aliphatic rings. The fourth-order valence-electron chi connectivity index (χ4n) is 3.20. The molecule has 0 radical (unpaired) electrons. The maximum Gasteiger partial charge on any atom is 0.133 e. The molecule has 0 bridgehead atoms. The monoisotopic (exact) mass is 339 g/mol. The van der Waals surface area contributed by atoms with Gasteiger partial charge in [0.1, 0.15) is 5.75 Å². The van der Waals surface area contributed by atoms with Crippen LogP contribution in [0.15, 0.2) is 22.7 Å². The second kappa shape index (κ2) is 6.95. The van der Waals surface area contributed by atoms with Gasteiger partial charge in [-0.1, -0.05) is 32.8 Å². The normalized spacial score (nSPS) is 23.6. The van der Waals surface area contributed by atoms with Gasteiger partial charge in [0, 0.05) is 5.54 Å². The van der Waals surface area contributed by atoms with E-state index in [-0.39, 0.29) is 5.54 Å². The predicted octanol–water partition coefficient (Wildman–Crippen LogP) is 4.56. The summed E-state index contributed by atoms with van der Waals surface area (Å²) in [5.74, 6) is 1.54. The molecule has 0 saturated carbocycles. The van der Waals surface area contributed by atoms with Crippen LogP contribution in [0.25, 0.3) is 0 Å². The molecular formula is C17H26BrNO. The SMILES string of the molecule is COc1ccc(CC2(C(C)C)CCCCCN2)cc1Br. The molecule has 0 amide bonds. The Kier molecular flexibility index (Phi) is 5.50. The van der Waals surface area contributed by atoms with E-state index in [4.69, 9.17) is 4.74 Å². The minimum Gasteiger partial charge on any atom is -0.496 e. The molecule has 1 aromatic rings. The summed E-state index contributed by atoms with van der Waals surface area (Å²) in [7, 11) is 1.71. The van der Waals surface area contributed by atoms with Gasteiger partial charge in [-0.25, -0.2) is 0 Å². The third-order valence-corrected chi connectivity index (χ3v) is 5.24. The number of methoxy groups -OCH3 is 1. The molecule has 1 saturated heterocycles. The molecule has 0 spiro atoms. The zero-order valence-corrected chi connectivity index (χ0v) is 14.4. The van der Waals surface area contributed by atoms with Crippen molar-refractivity contribution in [3.8, 4) is 5.75 Å². The zero-order chi connectivity index (χ0) is 14.6. The summed E-state index contributed by atoms with van der Waals surface area (Å²) in [4.78, 5) is 0. The largest absolute Gasteiger partial charge is 0.496 e. The van der Waals surface area contributed by atoms with Gasteiger partial charge in [-0.3, -0.25) is 0 Å². The van der Waals surface area contributed by atoms with Crippen molar-refractivity contribution in [3.63, 3.8) is 0 Å². The van der Waals surface area contributed by atoms with E-state index in [2.05, 4.69) is 53.3 Å². The van der Waals surface area contributed by atoms with E-state index in [1.54, 1.807) is 7.11 Å². The molecule has 1 aliphatic heterocycles. The molecule has 2 nitrogen and oxygen atoms in total. The minimum atomic E-state index is 0.241. The highest BCUT2D eigenvalue weighted by atomic mass is 79.9. The second-order valence-corrected chi connectivity index (χ2v) is 7.05. The molecule has 1 atom stereocenters. The topological polar surface area (TPSA) is 21.3 Å². The maximum atomic E-state index is 5.32. The van der Waals surface area contributed by atoms with Crippen molar-refractivity contribution in [2.75, 3.05) is 13.7 Å². The van der Waals surface area contributed by atoms with Crippen LogP contribution in [0.5, 0.6) is 5.75 Å². The van der Waals surface area contributed by atoms with Crippen LogP contribution in [0.3, 0.4) is 0 Å². The number of halogens is 1. The van der Waals surface area contributed by atoms with Crippen LogP contribution >= 0.6 is 15.9 Å². The van der Waals surface area contributed by atoms with E-state index < -0.39 is 0 Å². The van der Waals surface area contributed by atoms with Crippen LogP contribution in [0.4, 0.5) is 0 Å². The van der Waals surface area contributed by atoms with Crippen molar-refractivity contribution in [3.05, 3.63) is 28.2 Å². The van der Waals surface area contributed by atoms with E-state index >= 15 is 0 Å². The Labute approximate surface area is 131 Å². The molecule has 1 aromatic carbocycles. The Morgan fingerprint density at radius 1 is 1.30 bits per heavy atom. The van der Waals surface area contributed by atoms with Crippen LogP contribution in [-0.4, -0.2) is 19.2 Å². The van der Waals surface area contributed by atoms with Crippen LogP contribution in [0.1, 0.15) is 45.1 Å². The molecule has 3 heteroatoms. The Bertz CT molecular complexity index is 437.